The van der Waals surface area contributed by atoms with Crippen molar-refractivity contribution in [2.75, 3.05) is 20.3 Å². The van der Waals surface area contributed by atoms with Gasteiger partial charge in [0.05, 0.1) is 12.6 Å². The highest BCUT2D eigenvalue weighted by atomic mass is 16.5. The van der Waals surface area contributed by atoms with E-state index >= 15 is 0 Å². The van der Waals surface area contributed by atoms with E-state index in [1.54, 1.807) is 25.3 Å². The molecule has 0 saturated heterocycles. The van der Waals surface area contributed by atoms with Gasteiger partial charge in [-0.25, -0.2) is 4.79 Å². The van der Waals surface area contributed by atoms with Crippen LogP contribution in [0.2, 0.25) is 0 Å². The SMILES string of the molecule is COCC(C)NC(=O)NCCc1cccc(C(N)=O)c1. The number of benzene rings is 1. The molecule has 0 spiro atoms. The van der Waals surface area contributed by atoms with Crippen molar-refractivity contribution in [3.05, 3.63) is 35.4 Å². The van der Waals surface area contributed by atoms with Gasteiger partial charge in [-0.2, -0.15) is 0 Å². The molecule has 110 valence electrons. The van der Waals surface area contributed by atoms with Crippen molar-refractivity contribution in [3.63, 3.8) is 0 Å². The molecule has 0 bridgehead atoms. The maximum atomic E-state index is 11.5. The third kappa shape index (κ3) is 5.71. The molecule has 0 heterocycles. The van der Waals surface area contributed by atoms with Gasteiger partial charge in [0, 0.05) is 19.2 Å². The van der Waals surface area contributed by atoms with Gasteiger partial charge in [0.15, 0.2) is 0 Å². The number of urea groups is 1. The fourth-order valence-electron chi connectivity index (χ4n) is 1.77. The highest BCUT2D eigenvalue weighted by Crippen LogP contribution is 2.04. The third-order valence-corrected chi connectivity index (χ3v) is 2.70. The van der Waals surface area contributed by atoms with Gasteiger partial charge in [-0.05, 0) is 31.0 Å². The number of carbonyl (C=O) groups is 2. The summed E-state index contributed by atoms with van der Waals surface area (Å²) in [6.07, 6.45) is 0.632. The number of nitrogens with two attached hydrogens (primary N) is 1. The largest absolute Gasteiger partial charge is 0.383 e. The number of methoxy groups -OCH3 is 1. The predicted molar refractivity (Wildman–Crippen MR) is 76.5 cm³/mol. The van der Waals surface area contributed by atoms with E-state index in [1.165, 1.54) is 0 Å². The van der Waals surface area contributed by atoms with E-state index in [0.717, 1.165) is 5.56 Å². The second kappa shape index (κ2) is 8.16. The average Bonchev–Trinajstić information content (AvgIpc) is 2.39. The molecule has 6 heteroatoms. The first-order valence-electron chi connectivity index (χ1n) is 6.45. The molecule has 6 nitrogen and oxygen atoms in total. The zero-order chi connectivity index (χ0) is 15.0. The van der Waals surface area contributed by atoms with E-state index < -0.39 is 5.91 Å². The summed E-state index contributed by atoms with van der Waals surface area (Å²) in [4.78, 5) is 22.6. The first kappa shape index (κ1) is 16.0. The van der Waals surface area contributed by atoms with Crippen LogP contribution in [0.25, 0.3) is 0 Å². The molecule has 0 aromatic heterocycles. The zero-order valence-electron chi connectivity index (χ0n) is 11.8. The van der Waals surface area contributed by atoms with Crippen LogP contribution >= 0.6 is 0 Å². The predicted octanol–water partition coefficient (Wildman–Crippen LogP) is 0.662. The van der Waals surface area contributed by atoms with Gasteiger partial charge < -0.3 is 21.1 Å². The number of carbonyl (C=O) groups excluding carboxylic acids is 2. The second-order valence-corrected chi connectivity index (χ2v) is 4.57. The van der Waals surface area contributed by atoms with Crippen molar-refractivity contribution >= 4 is 11.9 Å². The molecule has 1 atom stereocenters. The van der Waals surface area contributed by atoms with Gasteiger partial charge >= 0.3 is 6.03 Å². The number of amides is 3. The number of nitrogens with one attached hydrogen (secondary N) is 2. The maximum Gasteiger partial charge on any atom is 0.315 e. The van der Waals surface area contributed by atoms with Crippen molar-refractivity contribution in [1.29, 1.82) is 0 Å². The second-order valence-electron chi connectivity index (χ2n) is 4.57. The first-order valence-corrected chi connectivity index (χ1v) is 6.45. The Morgan fingerprint density at radius 1 is 1.40 bits per heavy atom. The molecule has 3 amide bonds. The molecular weight excluding hydrogens is 258 g/mol. The van der Waals surface area contributed by atoms with Crippen LogP contribution in [0.1, 0.15) is 22.8 Å². The molecule has 1 aromatic rings. The maximum absolute atomic E-state index is 11.5. The molecule has 0 aliphatic heterocycles. The van der Waals surface area contributed by atoms with Crippen molar-refractivity contribution in [2.24, 2.45) is 5.73 Å². The number of rotatable bonds is 7. The molecule has 1 rings (SSSR count). The van der Waals surface area contributed by atoms with Gasteiger partial charge in [-0.1, -0.05) is 12.1 Å². The monoisotopic (exact) mass is 279 g/mol. The first-order chi connectivity index (χ1) is 9.52. The number of hydrogen-bond donors (Lipinski definition) is 3. The van der Waals surface area contributed by atoms with Gasteiger partial charge in [0.1, 0.15) is 0 Å². The smallest absolute Gasteiger partial charge is 0.315 e. The molecule has 0 radical (unpaired) electrons. The topological polar surface area (TPSA) is 93.4 Å². The van der Waals surface area contributed by atoms with Crippen LogP contribution in [0.5, 0.6) is 0 Å². The Morgan fingerprint density at radius 2 is 2.15 bits per heavy atom. The molecule has 1 unspecified atom stereocenters. The molecule has 4 N–H and O–H groups in total. The van der Waals surface area contributed by atoms with E-state index in [1.807, 2.05) is 13.0 Å². The minimum absolute atomic E-state index is 0.0433. The Hall–Kier alpha value is -2.08. The van der Waals surface area contributed by atoms with E-state index in [-0.39, 0.29) is 12.1 Å². The van der Waals surface area contributed by atoms with Gasteiger partial charge in [-0.3, -0.25) is 4.79 Å². The fourth-order valence-corrected chi connectivity index (χ4v) is 1.77. The van der Waals surface area contributed by atoms with Crippen LogP contribution in [0.4, 0.5) is 4.79 Å². The van der Waals surface area contributed by atoms with E-state index in [4.69, 9.17) is 10.5 Å². The summed E-state index contributed by atoms with van der Waals surface area (Å²) in [6, 6.07) is 6.78. The summed E-state index contributed by atoms with van der Waals surface area (Å²) in [5.41, 5.74) is 6.64. The third-order valence-electron chi connectivity index (χ3n) is 2.70. The highest BCUT2D eigenvalue weighted by molar-refractivity contribution is 5.92. The summed E-state index contributed by atoms with van der Waals surface area (Å²) in [6.45, 7) is 2.81. The molecular formula is C14H21N3O3. The lowest BCUT2D eigenvalue weighted by Gasteiger charge is -2.13. The van der Waals surface area contributed by atoms with E-state index in [9.17, 15) is 9.59 Å². The van der Waals surface area contributed by atoms with Crippen LogP contribution in [-0.4, -0.2) is 38.2 Å². The number of primary amides is 1. The van der Waals surface area contributed by atoms with Crippen molar-refractivity contribution < 1.29 is 14.3 Å². The van der Waals surface area contributed by atoms with E-state index in [0.29, 0.717) is 25.1 Å². The van der Waals surface area contributed by atoms with Crippen molar-refractivity contribution in [1.82, 2.24) is 10.6 Å². The standard InChI is InChI=1S/C14H21N3O3/c1-10(9-20-2)17-14(19)16-7-6-11-4-3-5-12(8-11)13(15)18/h3-5,8,10H,6-7,9H2,1-2H3,(H2,15,18)(H2,16,17,19). The van der Waals surface area contributed by atoms with Crippen LogP contribution in [0, 0.1) is 0 Å². The van der Waals surface area contributed by atoms with Crippen molar-refractivity contribution in [2.45, 2.75) is 19.4 Å². The van der Waals surface area contributed by atoms with Gasteiger partial charge in [0.25, 0.3) is 0 Å². The minimum Gasteiger partial charge on any atom is -0.383 e. The highest BCUT2D eigenvalue weighted by Gasteiger charge is 2.06. The summed E-state index contributed by atoms with van der Waals surface area (Å²) < 4.78 is 4.93. The Morgan fingerprint density at radius 3 is 2.80 bits per heavy atom. The summed E-state index contributed by atoms with van der Waals surface area (Å²) in [5.74, 6) is -0.453. The van der Waals surface area contributed by atoms with Crippen LogP contribution < -0.4 is 16.4 Å². The normalized spacial score (nSPS) is 11.7. The lowest BCUT2D eigenvalue weighted by atomic mass is 10.1. The molecule has 1 aromatic carbocycles. The zero-order valence-corrected chi connectivity index (χ0v) is 11.8. The Bertz CT molecular complexity index is 463. The van der Waals surface area contributed by atoms with Gasteiger partial charge in [0.2, 0.25) is 5.91 Å². The molecule has 0 fully saturated rings. The van der Waals surface area contributed by atoms with Gasteiger partial charge in [-0.15, -0.1) is 0 Å². The number of hydrogen-bond acceptors (Lipinski definition) is 3. The molecule has 0 aliphatic rings. The molecule has 0 aliphatic carbocycles. The van der Waals surface area contributed by atoms with Crippen LogP contribution in [-0.2, 0) is 11.2 Å². The van der Waals surface area contributed by atoms with Crippen LogP contribution in [0.3, 0.4) is 0 Å². The van der Waals surface area contributed by atoms with Crippen LogP contribution in [0.15, 0.2) is 24.3 Å². The lowest BCUT2D eigenvalue weighted by molar-refractivity contribution is 0.1000. The van der Waals surface area contributed by atoms with Crippen molar-refractivity contribution in [3.8, 4) is 0 Å². The Kier molecular flexibility index (Phi) is 6.52. The van der Waals surface area contributed by atoms with E-state index in [2.05, 4.69) is 10.6 Å². The molecule has 0 saturated carbocycles. The molecule has 20 heavy (non-hydrogen) atoms. The average molecular weight is 279 g/mol. The quantitative estimate of drug-likeness (QED) is 0.684. The summed E-state index contributed by atoms with van der Waals surface area (Å²) in [7, 11) is 1.59. The summed E-state index contributed by atoms with van der Waals surface area (Å²) >= 11 is 0. The number of ether oxygens (including phenoxy) is 1. The Labute approximate surface area is 118 Å². The minimum atomic E-state index is -0.453. The lowest BCUT2D eigenvalue weighted by Crippen LogP contribution is -2.43. The Balaban J connectivity index is 2.35. The summed E-state index contributed by atoms with van der Waals surface area (Å²) in [5, 5.41) is 5.49. The fraction of sp³-hybridized carbons (Fsp3) is 0.429.